The van der Waals surface area contributed by atoms with Crippen LogP contribution < -0.4 is 4.74 Å². The SMILES string of the molecule is O=C(O)c1ccc(Cl)nc1Oc1cc(Br)ccc1Cl. The molecule has 7 heteroatoms. The molecular weight excluding hydrogens is 357 g/mol. The standard InChI is InChI=1S/C12H6BrCl2NO3/c13-6-1-3-8(14)9(5-6)19-11-7(12(17)18)2-4-10(15)16-11/h1-5H,(H,17,18). The third-order valence-electron chi connectivity index (χ3n) is 2.16. The monoisotopic (exact) mass is 361 g/mol. The molecule has 0 atom stereocenters. The maximum atomic E-state index is 11.1. The molecule has 4 nitrogen and oxygen atoms in total. The van der Waals surface area contributed by atoms with Gasteiger partial charge in [0.05, 0.1) is 5.02 Å². The van der Waals surface area contributed by atoms with Gasteiger partial charge in [0.2, 0.25) is 5.88 Å². The first-order valence-electron chi connectivity index (χ1n) is 5.00. The zero-order valence-electron chi connectivity index (χ0n) is 9.23. The summed E-state index contributed by atoms with van der Waals surface area (Å²) in [5.41, 5.74) is -0.0968. The van der Waals surface area contributed by atoms with Crippen molar-refractivity contribution in [1.82, 2.24) is 4.98 Å². The number of aromatic nitrogens is 1. The minimum absolute atomic E-state index is 0.0968. The molecule has 0 fully saturated rings. The molecule has 0 aliphatic heterocycles. The lowest BCUT2D eigenvalue weighted by atomic mass is 10.3. The molecule has 98 valence electrons. The maximum absolute atomic E-state index is 11.1. The van der Waals surface area contributed by atoms with Crippen molar-refractivity contribution in [1.29, 1.82) is 0 Å². The molecule has 0 aliphatic rings. The zero-order chi connectivity index (χ0) is 14.0. The normalized spacial score (nSPS) is 10.3. The number of aromatic carboxylic acids is 1. The summed E-state index contributed by atoms with van der Waals surface area (Å²) in [6.45, 7) is 0. The van der Waals surface area contributed by atoms with E-state index in [4.69, 9.17) is 33.0 Å². The third kappa shape index (κ3) is 3.37. The summed E-state index contributed by atoms with van der Waals surface area (Å²) in [4.78, 5) is 14.9. The Bertz CT molecular complexity index is 649. The van der Waals surface area contributed by atoms with Gasteiger partial charge in [0.15, 0.2) is 0 Å². The Hall–Kier alpha value is -1.30. The van der Waals surface area contributed by atoms with Crippen LogP contribution in [0.1, 0.15) is 10.4 Å². The van der Waals surface area contributed by atoms with Crippen LogP contribution in [0.25, 0.3) is 0 Å². The predicted molar refractivity (Wildman–Crippen MR) is 75.4 cm³/mol. The van der Waals surface area contributed by atoms with E-state index in [0.717, 1.165) is 4.47 Å². The number of rotatable bonds is 3. The van der Waals surface area contributed by atoms with E-state index in [2.05, 4.69) is 20.9 Å². The fourth-order valence-electron chi connectivity index (χ4n) is 1.32. The average Bonchev–Trinajstić information content (AvgIpc) is 2.33. The van der Waals surface area contributed by atoms with E-state index in [1.807, 2.05) is 0 Å². The summed E-state index contributed by atoms with van der Waals surface area (Å²) in [7, 11) is 0. The molecular formula is C12H6BrCl2NO3. The molecule has 0 aliphatic carbocycles. The molecule has 2 rings (SSSR count). The first kappa shape index (κ1) is 14.1. The van der Waals surface area contributed by atoms with Gasteiger partial charge in [0.25, 0.3) is 0 Å². The first-order valence-corrected chi connectivity index (χ1v) is 6.55. The Morgan fingerprint density at radius 1 is 1.26 bits per heavy atom. The van der Waals surface area contributed by atoms with Crippen molar-refractivity contribution in [3.63, 3.8) is 0 Å². The van der Waals surface area contributed by atoms with Crippen LogP contribution in [0.2, 0.25) is 10.2 Å². The van der Waals surface area contributed by atoms with E-state index in [1.165, 1.54) is 12.1 Å². The molecule has 0 unspecified atom stereocenters. The highest BCUT2D eigenvalue weighted by molar-refractivity contribution is 9.10. The van der Waals surface area contributed by atoms with Gasteiger partial charge < -0.3 is 9.84 Å². The van der Waals surface area contributed by atoms with Gasteiger partial charge in [0.1, 0.15) is 16.5 Å². The van der Waals surface area contributed by atoms with E-state index in [1.54, 1.807) is 18.2 Å². The minimum Gasteiger partial charge on any atom is -0.477 e. The third-order valence-corrected chi connectivity index (χ3v) is 3.17. The number of carboxylic acids is 1. The number of nitrogens with zero attached hydrogens (tertiary/aromatic N) is 1. The lowest BCUT2D eigenvalue weighted by Gasteiger charge is -2.09. The van der Waals surface area contributed by atoms with Crippen LogP contribution in [-0.2, 0) is 0 Å². The van der Waals surface area contributed by atoms with Gasteiger partial charge >= 0.3 is 5.97 Å². The van der Waals surface area contributed by atoms with Crippen molar-refractivity contribution in [3.05, 3.63) is 50.5 Å². The highest BCUT2D eigenvalue weighted by Gasteiger charge is 2.15. The van der Waals surface area contributed by atoms with Crippen LogP contribution in [0.5, 0.6) is 11.6 Å². The molecule has 0 saturated heterocycles. The number of hydrogen-bond acceptors (Lipinski definition) is 3. The van der Waals surface area contributed by atoms with Gasteiger partial charge in [-0.15, -0.1) is 0 Å². The van der Waals surface area contributed by atoms with Gasteiger partial charge in [-0.3, -0.25) is 0 Å². The summed E-state index contributed by atoms with van der Waals surface area (Å²) in [5, 5.41) is 9.52. The molecule has 0 radical (unpaired) electrons. The van der Waals surface area contributed by atoms with Crippen molar-refractivity contribution in [2.45, 2.75) is 0 Å². The molecule has 1 aromatic carbocycles. The second kappa shape index (κ2) is 5.77. The molecule has 19 heavy (non-hydrogen) atoms. The van der Waals surface area contributed by atoms with Crippen LogP contribution in [-0.4, -0.2) is 16.1 Å². The Labute approximate surface area is 127 Å². The smallest absolute Gasteiger partial charge is 0.341 e. The van der Waals surface area contributed by atoms with E-state index >= 15 is 0 Å². The number of carboxylic acid groups (broad SMARTS) is 1. The largest absolute Gasteiger partial charge is 0.477 e. The first-order chi connectivity index (χ1) is 8.97. The summed E-state index contributed by atoms with van der Waals surface area (Å²) in [6, 6.07) is 7.65. The Morgan fingerprint density at radius 3 is 2.68 bits per heavy atom. The van der Waals surface area contributed by atoms with Gasteiger partial charge in [-0.2, -0.15) is 0 Å². The number of pyridine rings is 1. The summed E-state index contributed by atoms with van der Waals surface area (Å²) >= 11 is 15.0. The molecule has 1 heterocycles. The van der Waals surface area contributed by atoms with E-state index in [-0.39, 0.29) is 22.3 Å². The zero-order valence-corrected chi connectivity index (χ0v) is 12.3. The molecule has 0 bridgehead atoms. The molecule has 0 spiro atoms. The molecule has 0 saturated carbocycles. The lowest BCUT2D eigenvalue weighted by molar-refractivity contribution is 0.0693. The highest BCUT2D eigenvalue weighted by atomic mass is 79.9. The fourth-order valence-corrected chi connectivity index (χ4v) is 1.95. The van der Waals surface area contributed by atoms with Crippen molar-refractivity contribution >= 4 is 45.1 Å². The van der Waals surface area contributed by atoms with Crippen molar-refractivity contribution < 1.29 is 14.6 Å². The number of carbonyl (C=O) groups is 1. The Morgan fingerprint density at radius 2 is 2.00 bits per heavy atom. The molecule has 0 amide bonds. The van der Waals surface area contributed by atoms with Gasteiger partial charge in [-0.1, -0.05) is 39.1 Å². The fraction of sp³-hybridized carbons (Fsp3) is 0. The number of ether oxygens (including phenoxy) is 1. The van der Waals surface area contributed by atoms with Gasteiger partial charge in [0, 0.05) is 4.47 Å². The van der Waals surface area contributed by atoms with Gasteiger partial charge in [-0.25, -0.2) is 9.78 Å². The van der Waals surface area contributed by atoms with E-state index in [9.17, 15) is 4.79 Å². The van der Waals surface area contributed by atoms with Crippen LogP contribution in [0.3, 0.4) is 0 Å². The number of hydrogen-bond donors (Lipinski definition) is 1. The highest BCUT2D eigenvalue weighted by Crippen LogP contribution is 2.33. The summed E-state index contributed by atoms with van der Waals surface area (Å²) in [5.74, 6) is -0.987. The van der Waals surface area contributed by atoms with E-state index in [0.29, 0.717) is 5.02 Å². The summed E-state index contributed by atoms with van der Waals surface area (Å²) in [6.07, 6.45) is 0. The number of halogens is 3. The number of benzene rings is 1. The van der Waals surface area contributed by atoms with Gasteiger partial charge in [-0.05, 0) is 30.3 Å². The topological polar surface area (TPSA) is 59.4 Å². The Kier molecular flexibility index (Phi) is 4.29. The van der Waals surface area contributed by atoms with Crippen LogP contribution in [0.4, 0.5) is 0 Å². The molecule has 1 N–H and O–H groups in total. The summed E-state index contributed by atoms with van der Waals surface area (Å²) < 4.78 is 6.17. The Balaban J connectivity index is 2.45. The molecule has 1 aromatic heterocycles. The minimum atomic E-state index is -1.16. The van der Waals surface area contributed by atoms with Crippen molar-refractivity contribution in [3.8, 4) is 11.6 Å². The van der Waals surface area contributed by atoms with Crippen LogP contribution in [0, 0.1) is 0 Å². The van der Waals surface area contributed by atoms with E-state index < -0.39 is 5.97 Å². The quantitative estimate of drug-likeness (QED) is 0.808. The molecule has 2 aromatic rings. The van der Waals surface area contributed by atoms with Crippen LogP contribution >= 0.6 is 39.1 Å². The van der Waals surface area contributed by atoms with Crippen LogP contribution in [0.15, 0.2) is 34.8 Å². The maximum Gasteiger partial charge on any atom is 0.341 e. The second-order valence-corrected chi connectivity index (χ2v) is 5.18. The second-order valence-electron chi connectivity index (χ2n) is 3.47. The van der Waals surface area contributed by atoms with Crippen molar-refractivity contribution in [2.24, 2.45) is 0 Å². The average molecular weight is 363 g/mol. The predicted octanol–water partition coefficient (Wildman–Crippen LogP) is 4.64. The lowest BCUT2D eigenvalue weighted by Crippen LogP contribution is -2.02. The van der Waals surface area contributed by atoms with Crippen molar-refractivity contribution in [2.75, 3.05) is 0 Å².